The second-order valence-electron chi connectivity index (χ2n) is 4.63. The smallest absolute Gasteiger partial charge is 0.167 e. The molecule has 0 saturated heterocycles. The van der Waals surface area contributed by atoms with E-state index in [9.17, 15) is 9.50 Å². The number of halogens is 1. The molecule has 4 heteroatoms. The van der Waals surface area contributed by atoms with Crippen LogP contribution in [0.2, 0.25) is 0 Å². The van der Waals surface area contributed by atoms with Crippen molar-refractivity contribution in [2.75, 3.05) is 25.6 Å². The van der Waals surface area contributed by atoms with Gasteiger partial charge in [0, 0.05) is 25.3 Å². The first-order valence-corrected chi connectivity index (χ1v) is 6.39. The molecule has 0 radical (unpaired) electrons. The first-order chi connectivity index (χ1) is 9.61. The predicted octanol–water partition coefficient (Wildman–Crippen LogP) is 3.00. The summed E-state index contributed by atoms with van der Waals surface area (Å²) in [7, 11) is 3.24. The van der Waals surface area contributed by atoms with E-state index in [0.29, 0.717) is 12.2 Å². The molecule has 0 bridgehead atoms. The van der Waals surface area contributed by atoms with Crippen LogP contribution in [0.1, 0.15) is 11.7 Å². The number of hydrogen-bond donors (Lipinski definition) is 1. The molecule has 0 aromatic heterocycles. The second kappa shape index (κ2) is 6.39. The molecule has 0 aliphatic heterocycles. The third-order valence-corrected chi connectivity index (χ3v) is 3.21. The summed E-state index contributed by atoms with van der Waals surface area (Å²) in [6.07, 6.45) is -0.619. The van der Waals surface area contributed by atoms with Gasteiger partial charge in [0.15, 0.2) is 11.6 Å². The predicted molar refractivity (Wildman–Crippen MR) is 77.6 cm³/mol. The van der Waals surface area contributed by atoms with Gasteiger partial charge in [0.05, 0.1) is 13.2 Å². The highest BCUT2D eigenvalue weighted by molar-refractivity contribution is 5.49. The number of aliphatic hydroxyl groups is 1. The number of anilines is 1. The molecule has 3 nitrogen and oxygen atoms in total. The van der Waals surface area contributed by atoms with Crippen LogP contribution in [0.4, 0.5) is 10.1 Å². The average molecular weight is 275 g/mol. The van der Waals surface area contributed by atoms with E-state index in [2.05, 4.69) is 0 Å². The Morgan fingerprint density at radius 1 is 1.20 bits per heavy atom. The third kappa shape index (κ3) is 3.27. The highest BCUT2D eigenvalue weighted by Gasteiger charge is 2.12. The highest BCUT2D eigenvalue weighted by atomic mass is 19.1. The minimum Gasteiger partial charge on any atom is -0.494 e. The SMILES string of the molecule is COc1ccc(N(C)CC(O)c2ccccc2)cc1F. The highest BCUT2D eigenvalue weighted by Crippen LogP contribution is 2.24. The van der Waals surface area contributed by atoms with E-state index in [0.717, 1.165) is 5.56 Å². The van der Waals surface area contributed by atoms with Crippen molar-refractivity contribution in [2.45, 2.75) is 6.10 Å². The molecule has 0 aliphatic rings. The molecule has 0 heterocycles. The Morgan fingerprint density at radius 2 is 1.90 bits per heavy atom. The molecule has 106 valence electrons. The van der Waals surface area contributed by atoms with Crippen molar-refractivity contribution in [3.63, 3.8) is 0 Å². The molecule has 1 unspecified atom stereocenters. The summed E-state index contributed by atoms with van der Waals surface area (Å²) < 4.78 is 18.5. The zero-order valence-electron chi connectivity index (χ0n) is 11.6. The lowest BCUT2D eigenvalue weighted by molar-refractivity contribution is 0.185. The second-order valence-corrected chi connectivity index (χ2v) is 4.63. The van der Waals surface area contributed by atoms with Crippen molar-refractivity contribution in [1.82, 2.24) is 0 Å². The summed E-state index contributed by atoms with van der Waals surface area (Å²) >= 11 is 0. The van der Waals surface area contributed by atoms with Gasteiger partial charge in [-0.25, -0.2) is 4.39 Å². The minimum atomic E-state index is -0.619. The first kappa shape index (κ1) is 14.3. The number of aliphatic hydroxyl groups excluding tert-OH is 1. The lowest BCUT2D eigenvalue weighted by atomic mass is 10.1. The molecule has 2 aromatic rings. The molecule has 1 atom stereocenters. The van der Waals surface area contributed by atoms with Crippen LogP contribution in [0.5, 0.6) is 5.75 Å². The topological polar surface area (TPSA) is 32.7 Å². The van der Waals surface area contributed by atoms with Gasteiger partial charge < -0.3 is 14.7 Å². The summed E-state index contributed by atoms with van der Waals surface area (Å²) in [5.41, 5.74) is 1.53. The Kier molecular flexibility index (Phi) is 4.58. The van der Waals surface area contributed by atoms with Crippen molar-refractivity contribution < 1.29 is 14.2 Å². The van der Waals surface area contributed by atoms with E-state index < -0.39 is 11.9 Å². The summed E-state index contributed by atoms with van der Waals surface area (Å²) in [6.45, 7) is 0.385. The standard InChI is InChI=1S/C16H18FNO2/c1-18(11-15(19)12-6-4-3-5-7-12)13-8-9-16(20-2)14(17)10-13/h3-10,15,19H,11H2,1-2H3. The normalized spacial score (nSPS) is 12.0. The summed E-state index contributed by atoms with van der Waals surface area (Å²) in [5.74, 6) is -0.197. The fourth-order valence-electron chi connectivity index (χ4n) is 2.04. The zero-order chi connectivity index (χ0) is 14.5. The zero-order valence-corrected chi connectivity index (χ0v) is 11.6. The van der Waals surface area contributed by atoms with E-state index >= 15 is 0 Å². The molecular weight excluding hydrogens is 257 g/mol. The molecule has 0 amide bonds. The average Bonchev–Trinajstić information content (AvgIpc) is 2.48. The summed E-state index contributed by atoms with van der Waals surface area (Å²) in [4.78, 5) is 1.81. The molecule has 20 heavy (non-hydrogen) atoms. The van der Waals surface area contributed by atoms with Crippen LogP contribution in [-0.2, 0) is 0 Å². The Bertz CT molecular complexity index is 560. The number of ether oxygens (including phenoxy) is 1. The van der Waals surface area contributed by atoms with E-state index in [-0.39, 0.29) is 5.75 Å². The summed E-state index contributed by atoms with van der Waals surface area (Å²) in [6, 6.07) is 14.1. The fraction of sp³-hybridized carbons (Fsp3) is 0.250. The van der Waals surface area contributed by atoms with Crippen LogP contribution in [0.25, 0.3) is 0 Å². The van der Waals surface area contributed by atoms with Gasteiger partial charge in [0.1, 0.15) is 0 Å². The van der Waals surface area contributed by atoms with Gasteiger partial charge >= 0.3 is 0 Å². The number of hydrogen-bond acceptors (Lipinski definition) is 3. The monoisotopic (exact) mass is 275 g/mol. The number of methoxy groups -OCH3 is 1. The van der Waals surface area contributed by atoms with Crippen molar-refractivity contribution in [1.29, 1.82) is 0 Å². The minimum absolute atomic E-state index is 0.214. The number of rotatable bonds is 5. The van der Waals surface area contributed by atoms with Crippen LogP contribution >= 0.6 is 0 Å². The van der Waals surface area contributed by atoms with Gasteiger partial charge in [-0.05, 0) is 17.7 Å². The molecular formula is C16H18FNO2. The Labute approximate surface area is 118 Å². The number of likely N-dealkylation sites (N-methyl/N-ethyl adjacent to an activating group) is 1. The van der Waals surface area contributed by atoms with Crippen molar-refractivity contribution in [3.05, 3.63) is 59.9 Å². The first-order valence-electron chi connectivity index (χ1n) is 6.39. The van der Waals surface area contributed by atoms with Crippen molar-refractivity contribution in [3.8, 4) is 5.75 Å². The molecule has 0 fully saturated rings. The lowest BCUT2D eigenvalue weighted by Gasteiger charge is -2.23. The fourth-order valence-corrected chi connectivity index (χ4v) is 2.04. The molecule has 2 aromatic carbocycles. The van der Waals surface area contributed by atoms with Crippen LogP contribution in [0, 0.1) is 5.82 Å². The lowest BCUT2D eigenvalue weighted by Crippen LogP contribution is -2.24. The quantitative estimate of drug-likeness (QED) is 0.910. The van der Waals surface area contributed by atoms with E-state index in [1.54, 1.807) is 17.0 Å². The maximum atomic E-state index is 13.7. The molecule has 0 saturated carbocycles. The Hall–Kier alpha value is -2.07. The van der Waals surface area contributed by atoms with Gasteiger partial charge in [-0.1, -0.05) is 30.3 Å². The van der Waals surface area contributed by atoms with Crippen molar-refractivity contribution in [2.24, 2.45) is 0 Å². The molecule has 0 aliphatic carbocycles. The maximum Gasteiger partial charge on any atom is 0.167 e. The van der Waals surface area contributed by atoms with Gasteiger partial charge in [-0.2, -0.15) is 0 Å². The van der Waals surface area contributed by atoms with E-state index in [1.165, 1.54) is 13.2 Å². The van der Waals surface area contributed by atoms with E-state index in [1.807, 2.05) is 37.4 Å². The van der Waals surface area contributed by atoms with E-state index in [4.69, 9.17) is 4.74 Å². The van der Waals surface area contributed by atoms with Gasteiger partial charge in [-0.3, -0.25) is 0 Å². The Morgan fingerprint density at radius 3 is 2.50 bits per heavy atom. The van der Waals surface area contributed by atoms with Crippen LogP contribution in [0.3, 0.4) is 0 Å². The van der Waals surface area contributed by atoms with Crippen LogP contribution < -0.4 is 9.64 Å². The molecule has 0 spiro atoms. The maximum absolute atomic E-state index is 13.7. The van der Waals surface area contributed by atoms with Gasteiger partial charge in [0.25, 0.3) is 0 Å². The number of nitrogens with zero attached hydrogens (tertiary/aromatic N) is 1. The summed E-state index contributed by atoms with van der Waals surface area (Å²) in [5, 5.41) is 10.2. The van der Waals surface area contributed by atoms with Crippen LogP contribution in [-0.4, -0.2) is 25.8 Å². The van der Waals surface area contributed by atoms with Gasteiger partial charge in [-0.15, -0.1) is 0 Å². The van der Waals surface area contributed by atoms with Gasteiger partial charge in [0.2, 0.25) is 0 Å². The van der Waals surface area contributed by atoms with Crippen LogP contribution in [0.15, 0.2) is 48.5 Å². The molecule has 1 N–H and O–H groups in total. The third-order valence-electron chi connectivity index (χ3n) is 3.21. The largest absolute Gasteiger partial charge is 0.494 e. The Balaban J connectivity index is 2.08. The molecule has 2 rings (SSSR count). The number of benzene rings is 2. The van der Waals surface area contributed by atoms with Crippen molar-refractivity contribution >= 4 is 5.69 Å².